The number of fused-ring (bicyclic) bond motifs is 2. The first-order chi connectivity index (χ1) is 14.0. The lowest BCUT2D eigenvalue weighted by molar-refractivity contribution is -0.117. The highest BCUT2D eigenvalue weighted by Crippen LogP contribution is 2.44. The van der Waals surface area contributed by atoms with Crippen LogP contribution in [0.5, 0.6) is 0 Å². The third-order valence-corrected chi connectivity index (χ3v) is 6.37. The lowest BCUT2D eigenvalue weighted by Gasteiger charge is -2.46. The number of para-hydroxylation sites is 1. The summed E-state index contributed by atoms with van der Waals surface area (Å²) in [6, 6.07) is 15.0. The first kappa shape index (κ1) is 20.5. The zero-order chi connectivity index (χ0) is 21.8. The largest absolute Gasteiger partial charge is 0.358 e. The number of amides is 1. The fourth-order valence-electron chi connectivity index (χ4n) is 5.18. The molecular formula is C27H32N2O. The van der Waals surface area contributed by atoms with Gasteiger partial charge in [-0.1, -0.05) is 42.0 Å². The van der Waals surface area contributed by atoms with Crippen molar-refractivity contribution in [3.8, 4) is 0 Å². The molecule has 0 saturated carbocycles. The third kappa shape index (κ3) is 3.27. The van der Waals surface area contributed by atoms with Crippen molar-refractivity contribution in [2.24, 2.45) is 0 Å². The van der Waals surface area contributed by atoms with E-state index in [4.69, 9.17) is 0 Å². The lowest BCUT2D eigenvalue weighted by Crippen LogP contribution is -2.50. The quantitative estimate of drug-likeness (QED) is 0.597. The number of anilines is 2. The monoisotopic (exact) mass is 400 g/mol. The van der Waals surface area contributed by atoms with Crippen LogP contribution in [0.25, 0.3) is 11.1 Å². The van der Waals surface area contributed by atoms with Gasteiger partial charge in [0.15, 0.2) is 0 Å². The van der Waals surface area contributed by atoms with Crippen LogP contribution in [0, 0.1) is 6.92 Å². The minimum atomic E-state index is -0.378. The van der Waals surface area contributed by atoms with E-state index in [1.54, 1.807) is 6.92 Å². The molecule has 0 saturated heterocycles. The van der Waals surface area contributed by atoms with E-state index in [1.165, 1.54) is 28.0 Å². The van der Waals surface area contributed by atoms with Crippen molar-refractivity contribution < 1.29 is 4.79 Å². The molecule has 0 fully saturated rings. The van der Waals surface area contributed by atoms with Crippen molar-refractivity contribution in [3.05, 3.63) is 71.3 Å². The number of allylic oxidation sites excluding steroid dienone is 1. The van der Waals surface area contributed by atoms with Gasteiger partial charge in [0.05, 0.1) is 16.8 Å². The Bertz CT molecular complexity index is 1090. The van der Waals surface area contributed by atoms with Crippen LogP contribution in [0.2, 0.25) is 0 Å². The summed E-state index contributed by atoms with van der Waals surface area (Å²) in [5, 5.41) is 0. The van der Waals surface area contributed by atoms with Gasteiger partial charge in [-0.25, -0.2) is 0 Å². The van der Waals surface area contributed by atoms with E-state index in [9.17, 15) is 4.79 Å². The summed E-state index contributed by atoms with van der Waals surface area (Å²) in [6.45, 7) is 15.6. The Morgan fingerprint density at radius 2 is 1.57 bits per heavy atom. The van der Waals surface area contributed by atoms with Crippen LogP contribution in [-0.2, 0) is 4.79 Å². The molecule has 0 unspecified atom stereocenters. The van der Waals surface area contributed by atoms with E-state index >= 15 is 0 Å². The molecule has 3 heteroatoms. The van der Waals surface area contributed by atoms with Crippen LogP contribution in [0.15, 0.2) is 54.6 Å². The molecule has 30 heavy (non-hydrogen) atoms. The van der Waals surface area contributed by atoms with Gasteiger partial charge in [0.1, 0.15) is 0 Å². The summed E-state index contributed by atoms with van der Waals surface area (Å²) in [7, 11) is 0. The number of carbonyl (C=O) groups excluding carboxylic acids is 1. The zero-order valence-corrected chi connectivity index (χ0v) is 19.2. The molecule has 2 aliphatic heterocycles. The van der Waals surface area contributed by atoms with Crippen LogP contribution in [0.1, 0.15) is 58.2 Å². The van der Waals surface area contributed by atoms with Gasteiger partial charge in [-0.15, -0.1) is 0 Å². The van der Waals surface area contributed by atoms with Gasteiger partial charge < -0.3 is 9.80 Å². The van der Waals surface area contributed by atoms with E-state index in [-0.39, 0.29) is 17.0 Å². The van der Waals surface area contributed by atoms with Gasteiger partial charge in [-0.05, 0) is 70.9 Å². The van der Waals surface area contributed by atoms with Gasteiger partial charge in [-0.3, -0.25) is 4.79 Å². The summed E-state index contributed by atoms with van der Waals surface area (Å²) >= 11 is 0. The minimum Gasteiger partial charge on any atom is -0.358 e. The number of hydrogen-bond acceptors (Lipinski definition) is 2. The summed E-state index contributed by atoms with van der Waals surface area (Å²) in [4.78, 5) is 16.9. The third-order valence-electron chi connectivity index (χ3n) is 6.37. The summed E-state index contributed by atoms with van der Waals surface area (Å²) in [5.74, 6) is 0.0698. The van der Waals surface area contributed by atoms with Crippen LogP contribution < -0.4 is 9.80 Å². The number of aryl methyl sites for hydroxylation is 1. The minimum absolute atomic E-state index is 0.0698. The second-order valence-electron chi connectivity index (χ2n) is 9.78. The van der Waals surface area contributed by atoms with Gasteiger partial charge in [0.25, 0.3) is 0 Å². The summed E-state index contributed by atoms with van der Waals surface area (Å²) < 4.78 is 0. The van der Waals surface area contributed by atoms with Crippen molar-refractivity contribution in [2.75, 3.05) is 16.3 Å². The molecule has 0 radical (unpaired) electrons. The van der Waals surface area contributed by atoms with Crippen LogP contribution >= 0.6 is 0 Å². The van der Waals surface area contributed by atoms with Crippen LogP contribution in [0.3, 0.4) is 0 Å². The Labute approximate surface area is 180 Å². The molecule has 0 atom stereocenters. The highest BCUT2D eigenvalue weighted by molar-refractivity contribution is 6.00. The van der Waals surface area contributed by atoms with Crippen molar-refractivity contribution >= 4 is 28.4 Å². The van der Waals surface area contributed by atoms with Gasteiger partial charge in [0.2, 0.25) is 5.91 Å². The summed E-state index contributed by atoms with van der Waals surface area (Å²) in [5.41, 5.74) is 8.11. The highest BCUT2D eigenvalue weighted by atomic mass is 16.2. The maximum atomic E-state index is 12.5. The molecule has 0 spiro atoms. The molecule has 2 aromatic carbocycles. The number of rotatable bonds is 2. The first-order valence-corrected chi connectivity index (χ1v) is 10.7. The second-order valence-corrected chi connectivity index (χ2v) is 9.78. The Morgan fingerprint density at radius 1 is 0.867 bits per heavy atom. The smallest absolute Gasteiger partial charge is 0.224 e. The number of benzene rings is 2. The van der Waals surface area contributed by atoms with E-state index in [0.717, 1.165) is 17.8 Å². The second kappa shape index (κ2) is 6.87. The SMILES string of the molecule is CC(=O)N1c2ccccc2C(CN2c3ccc(C)cc3C(C)=CC2(C)C)=CC1(C)C. The highest BCUT2D eigenvalue weighted by Gasteiger charge is 2.37. The molecular weight excluding hydrogens is 368 g/mol. The first-order valence-electron chi connectivity index (χ1n) is 10.7. The van der Waals surface area contributed by atoms with Gasteiger partial charge >= 0.3 is 0 Å². The average molecular weight is 401 g/mol. The predicted molar refractivity (Wildman–Crippen MR) is 128 cm³/mol. The maximum absolute atomic E-state index is 12.5. The molecule has 3 nitrogen and oxygen atoms in total. The van der Waals surface area contributed by atoms with Crippen molar-refractivity contribution in [1.82, 2.24) is 0 Å². The topological polar surface area (TPSA) is 23.6 Å². The normalized spacial score (nSPS) is 18.9. The van der Waals surface area contributed by atoms with Crippen molar-refractivity contribution in [3.63, 3.8) is 0 Å². The van der Waals surface area contributed by atoms with E-state index in [0.29, 0.717) is 0 Å². The standard InChI is InChI=1S/C27H32N2O/c1-18-12-13-24-23(14-18)19(2)15-26(4,5)28(24)17-21-16-27(6,7)29(20(3)30)25-11-9-8-10-22(21)25/h8-16H,17H2,1-7H3. The van der Waals surface area contributed by atoms with Crippen LogP contribution in [-0.4, -0.2) is 23.5 Å². The lowest BCUT2D eigenvalue weighted by atomic mass is 9.84. The predicted octanol–water partition coefficient (Wildman–Crippen LogP) is 6.23. The zero-order valence-electron chi connectivity index (χ0n) is 19.2. The summed E-state index contributed by atoms with van der Waals surface area (Å²) in [6.07, 6.45) is 4.64. The Hall–Kier alpha value is -2.81. The Balaban J connectivity index is 1.84. The maximum Gasteiger partial charge on any atom is 0.224 e. The van der Waals surface area contributed by atoms with Crippen molar-refractivity contribution in [2.45, 2.75) is 59.5 Å². The molecule has 0 aromatic heterocycles. The molecule has 2 aliphatic rings. The molecule has 4 rings (SSSR count). The van der Waals surface area contributed by atoms with Gasteiger partial charge in [0, 0.05) is 30.3 Å². The number of nitrogens with zero attached hydrogens (tertiary/aromatic N) is 2. The fraction of sp³-hybridized carbons (Fsp3) is 0.370. The average Bonchev–Trinajstić information content (AvgIpc) is 2.63. The molecule has 2 heterocycles. The molecule has 1 amide bonds. The molecule has 156 valence electrons. The molecule has 2 aromatic rings. The molecule has 0 N–H and O–H groups in total. The van der Waals surface area contributed by atoms with Crippen molar-refractivity contribution in [1.29, 1.82) is 0 Å². The molecule has 0 aliphatic carbocycles. The number of hydrogen-bond donors (Lipinski definition) is 0. The Morgan fingerprint density at radius 3 is 2.27 bits per heavy atom. The van der Waals surface area contributed by atoms with Crippen LogP contribution in [0.4, 0.5) is 11.4 Å². The fourth-order valence-corrected chi connectivity index (χ4v) is 5.18. The van der Waals surface area contributed by atoms with E-state index < -0.39 is 0 Å². The van der Waals surface area contributed by atoms with E-state index in [1.807, 2.05) is 11.0 Å². The number of carbonyl (C=O) groups is 1. The van der Waals surface area contributed by atoms with E-state index in [2.05, 4.69) is 95.0 Å². The Kier molecular flexibility index (Phi) is 4.68. The molecule has 0 bridgehead atoms. The van der Waals surface area contributed by atoms with Gasteiger partial charge in [-0.2, -0.15) is 0 Å².